The summed E-state index contributed by atoms with van der Waals surface area (Å²) in [5.41, 5.74) is 2.75. The molecule has 0 spiro atoms. The van der Waals surface area contributed by atoms with Gasteiger partial charge >= 0.3 is 0 Å². The third-order valence-electron chi connectivity index (χ3n) is 4.67. The summed E-state index contributed by atoms with van der Waals surface area (Å²) in [6.45, 7) is 4.64. The Labute approximate surface area is 150 Å². The molecule has 4 heteroatoms. The van der Waals surface area contributed by atoms with Gasteiger partial charge in [-0.05, 0) is 49.6 Å². The number of nitrogens with zero attached hydrogens (tertiary/aromatic N) is 1. The number of piperidine rings is 1. The molecule has 1 heterocycles. The number of likely N-dealkylation sites (tertiary alicyclic amines) is 1. The van der Waals surface area contributed by atoms with E-state index >= 15 is 0 Å². The minimum absolute atomic E-state index is 0. The Morgan fingerprint density at radius 1 is 1.17 bits per heavy atom. The van der Waals surface area contributed by atoms with E-state index in [1.165, 1.54) is 11.1 Å². The average Bonchev–Trinajstić information content (AvgIpc) is 2.56. The fraction of sp³-hybridized carbons (Fsp3) is 0.400. The Balaban J connectivity index is 0.00000208. The number of methoxy groups -OCH3 is 1. The molecule has 1 aliphatic rings. The SMILES string of the molecule is COc1ccc(CN2CCCC(O)(c3cccc(C)c3)C2)cc1.Cl. The molecular formula is C20H26ClNO2. The Kier molecular flexibility index (Phi) is 6.27. The van der Waals surface area contributed by atoms with E-state index in [2.05, 4.69) is 36.1 Å². The molecule has 3 rings (SSSR count). The number of aryl methyl sites for hydroxylation is 1. The van der Waals surface area contributed by atoms with Crippen LogP contribution in [0.25, 0.3) is 0 Å². The van der Waals surface area contributed by atoms with Crippen molar-refractivity contribution in [2.45, 2.75) is 31.9 Å². The van der Waals surface area contributed by atoms with Crippen LogP contribution in [0.3, 0.4) is 0 Å². The normalized spacial score (nSPS) is 21.1. The van der Waals surface area contributed by atoms with Crippen molar-refractivity contribution in [3.8, 4) is 5.75 Å². The second-order valence-electron chi connectivity index (χ2n) is 6.56. The zero-order chi connectivity index (χ0) is 16.3. The maximum Gasteiger partial charge on any atom is 0.118 e. The molecule has 1 aliphatic heterocycles. The van der Waals surface area contributed by atoms with E-state index < -0.39 is 5.60 Å². The molecule has 2 aromatic rings. The molecule has 1 atom stereocenters. The first-order valence-electron chi connectivity index (χ1n) is 8.24. The van der Waals surface area contributed by atoms with Crippen LogP contribution in [-0.4, -0.2) is 30.2 Å². The molecule has 0 aromatic heterocycles. The van der Waals surface area contributed by atoms with Crippen molar-refractivity contribution in [2.24, 2.45) is 0 Å². The lowest BCUT2D eigenvalue weighted by atomic mass is 9.85. The largest absolute Gasteiger partial charge is 0.497 e. The summed E-state index contributed by atoms with van der Waals surface area (Å²) in [6, 6.07) is 16.4. The predicted octanol–water partition coefficient (Wildman–Crippen LogP) is 3.91. The lowest BCUT2D eigenvalue weighted by Gasteiger charge is -2.39. The molecule has 0 bridgehead atoms. The van der Waals surface area contributed by atoms with E-state index in [-0.39, 0.29) is 12.4 Å². The fourth-order valence-corrected chi connectivity index (χ4v) is 3.42. The van der Waals surface area contributed by atoms with Gasteiger partial charge in [0.05, 0.1) is 7.11 Å². The van der Waals surface area contributed by atoms with Gasteiger partial charge in [-0.1, -0.05) is 42.0 Å². The van der Waals surface area contributed by atoms with Crippen LogP contribution >= 0.6 is 12.4 Å². The van der Waals surface area contributed by atoms with Gasteiger partial charge < -0.3 is 9.84 Å². The molecule has 0 saturated carbocycles. The molecule has 2 aromatic carbocycles. The monoisotopic (exact) mass is 347 g/mol. The zero-order valence-electron chi connectivity index (χ0n) is 14.4. The lowest BCUT2D eigenvalue weighted by Crippen LogP contribution is -2.45. The van der Waals surface area contributed by atoms with E-state index in [1.54, 1.807) is 7.11 Å². The third kappa shape index (κ3) is 4.29. The van der Waals surface area contributed by atoms with Crippen molar-refractivity contribution in [1.82, 2.24) is 4.90 Å². The summed E-state index contributed by atoms with van der Waals surface area (Å²) in [6.07, 6.45) is 1.84. The van der Waals surface area contributed by atoms with Crippen molar-refractivity contribution in [3.63, 3.8) is 0 Å². The van der Waals surface area contributed by atoms with Crippen LogP contribution in [0.2, 0.25) is 0 Å². The number of halogens is 1. The van der Waals surface area contributed by atoms with Crippen LogP contribution < -0.4 is 4.74 Å². The number of rotatable bonds is 4. The zero-order valence-corrected chi connectivity index (χ0v) is 15.2. The number of ether oxygens (including phenoxy) is 1. The molecule has 3 nitrogen and oxygen atoms in total. The molecule has 0 radical (unpaired) electrons. The fourth-order valence-electron chi connectivity index (χ4n) is 3.42. The maximum atomic E-state index is 11.1. The number of benzene rings is 2. The summed E-state index contributed by atoms with van der Waals surface area (Å²) in [7, 11) is 1.68. The smallest absolute Gasteiger partial charge is 0.118 e. The average molecular weight is 348 g/mol. The van der Waals surface area contributed by atoms with Gasteiger partial charge in [0.25, 0.3) is 0 Å². The van der Waals surface area contributed by atoms with Gasteiger partial charge in [-0.2, -0.15) is 0 Å². The molecule has 130 valence electrons. The summed E-state index contributed by atoms with van der Waals surface area (Å²) in [5, 5.41) is 11.1. The summed E-state index contributed by atoms with van der Waals surface area (Å²) in [5.74, 6) is 0.878. The Bertz CT molecular complexity index is 659. The summed E-state index contributed by atoms with van der Waals surface area (Å²) >= 11 is 0. The van der Waals surface area contributed by atoms with Gasteiger partial charge in [0.1, 0.15) is 11.4 Å². The van der Waals surface area contributed by atoms with Gasteiger partial charge in [0.15, 0.2) is 0 Å². The van der Waals surface area contributed by atoms with Crippen LogP contribution in [0.1, 0.15) is 29.5 Å². The minimum atomic E-state index is -0.739. The first-order chi connectivity index (χ1) is 11.1. The van der Waals surface area contributed by atoms with Gasteiger partial charge in [0, 0.05) is 13.1 Å². The molecule has 1 fully saturated rings. The van der Waals surface area contributed by atoms with Crippen LogP contribution in [0, 0.1) is 6.92 Å². The van der Waals surface area contributed by atoms with Crippen LogP contribution in [-0.2, 0) is 12.1 Å². The molecule has 1 N–H and O–H groups in total. The number of aliphatic hydroxyl groups is 1. The second kappa shape index (κ2) is 8.02. The summed E-state index contributed by atoms with van der Waals surface area (Å²) < 4.78 is 5.21. The van der Waals surface area contributed by atoms with Crippen molar-refractivity contribution >= 4 is 12.4 Å². The first-order valence-corrected chi connectivity index (χ1v) is 8.24. The molecule has 24 heavy (non-hydrogen) atoms. The van der Waals surface area contributed by atoms with Crippen molar-refractivity contribution in [3.05, 3.63) is 65.2 Å². The number of hydrogen-bond acceptors (Lipinski definition) is 3. The third-order valence-corrected chi connectivity index (χ3v) is 4.67. The standard InChI is InChI=1S/C20H25NO2.ClH/c1-16-5-3-6-18(13-16)20(22)11-4-12-21(15-20)14-17-7-9-19(23-2)10-8-17;/h3,5-10,13,22H,4,11-12,14-15H2,1-2H3;1H. The van der Waals surface area contributed by atoms with E-state index in [9.17, 15) is 5.11 Å². The highest BCUT2D eigenvalue weighted by Gasteiger charge is 2.34. The first kappa shape index (κ1) is 18.8. The van der Waals surface area contributed by atoms with Gasteiger partial charge in [-0.3, -0.25) is 4.90 Å². The van der Waals surface area contributed by atoms with Gasteiger partial charge in [-0.25, -0.2) is 0 Å². The van der Waals surface area contributed by atoms with Crippen LogP contribution in [0.15, 0.2) is 48.5 Å². The molecule has 1 unspecified atom stereocenters. The Morgan fingerprint density at radius 3 is 2.58 bits per heavy atom. The molecule has 0 amide bonds. The number of β-amino-alcohol motifs (C(OH)–C–C–N with tert-alkyl or cyclic N) is 1. The highest BCUT2D eigenvalue weighted by atomic mass is 35.5. The second-order valence-corrected chi connectivity index (χ2v) is 6.56. The van der Waals surface area contributed by atoms with Gasteiger partial charge in [-0.15, -0.1) is 12.4 Å². The Hall–Kier alpha value is -1.55. The topological polar surface area (TPSA) is 32.7 Å². The van der Waals surface area contributed by atoms with E-state index in [1.807, 2.05) is 24.3 Å². The highest BCUT2D eigenvalue weighted by Crippen LogP contribution is 2.32. The van der Waals surface area contributed by atoms with Crippen LogP contribution in [0.5, 0.6) is 5.75 Å². The summed E-state index contributed by atoms with van der Waals surface area (Å²) in [4.78, 5) is 2.34. The maximum absolute atomic E-state index is 11.1. The van der Waals surface area contributed by atoms with Crippen LogP contribution in [0.4, 0.5) is 0 Å². The predicted molar refractivity (Wildman–Crippen MR) is 99.8 cm³/mol. The highest BCUT2D eigenvalue weighted by molar-refractivity contribution is 5.85. The van der Waals surface area contributed by atoms with Gasteiger partial charge in [0.2, 0.25) is 0 Å². The van der Waals surface area contributed by atoms with E-state index in [0.717, 1.165) is 37.2 Å². The van der Waals surface area contributed by atoms with Crippen molar-refractivity contribution in [2.75, 3.05) is 20.2 Å². The quantitative estimate of drug-likeness (QED) is 0.910. The van der Waals surface area contributed by atoms with E-state index in [4.69, 9.17) is 4.74 Å². The van der Waals surface area contributed by atoms with Crippen molar-refractivity contribution < 1.29 is 9.84 Å². The van der Waals surface area contributed by atoms with Crippen molar-refractivity contribution in [1.29, 1.82) is 0 Å². The number of hydrogen-bond donors (Lipinski definition) is 1. The lowest BCUT2D eigenvalue weighted by molar-refractivity contribution is -0.0381. The molecular weight excluding hydrogens is 322 g/mol. The molecule has 0 aliphatic carbocycles. The van der Waals surface area contributed by atoms with E-state index in [0.29, 0.717) is 6.54 Å². The minimum Gasteiger partial charge on any atom is -0.497 e. The Morgan fingerprint density at radius 2 is 1.92 bits per heavy atom. The molecule has 1 saturated heterocycles.